The van der Waals surface area contributed by atoms with Gasteiger partial charge < -0.3 is 4.90 Å². The zero-order chi connectivity index (χ0) is 22.9. The number of anilines is 1. The molecule has 0 aliphatic carbocycles. The summed E-state index contributed by atoms with van der Waals surface area (Å²) in [5.41, 5.74) is 5.42. The molecule has 1 saturated heterocycles. The monoisotopic (exact) mass is 439 g/mol. The van der Waals surface area contributed by atoms with Crippen LogP contribution in [0.15, 0.2) is 54.7 Å². The Morgan fingerprint density at radius 3 is 2.42 bits per heavy atom. The second-order valence-electron chi connectivity index (χ2n) is 8.87. The Bertz CT molecular complexity index is 1340. The van der Waals surface area contributed by atoms with Gasteiger partial charge in [0.1, 0.15) is 23.2 Å². The van der Waals surface area contributed by atoms with Crippen molar-refractivity contribution in [2.24, 2.45) is 0 Å². The average molecular weight is 440 g/mol. The summed E-state index contributed by atoms with van der Waals surface area (Å²) < 4.78 is 16.5. The summed E-state index contributed by atoms with van der Waals surface area (Å²) in [5, 5.41) is 9.15. The lowest BCUT2D eigenvalue weighted by molar-refractivity contribution is 0.578. The molecule has 2 aromatic carbocycles. The number of hydrogen-bond donors (Lipinski definition) is 0. The minimum atomic E-state index is -0.548. The zero-order valence-corrected chi connectivity index (χ0v) is 18.9. The Kier molecular flexibility index (Phi) is 5.55. The van der Waals surface area contributed by atoms with Crippen molar-refractivity contribution in [3.8, 4) is 23.1 Å². The molecule has 166 valence electrons. The first kappa shape index (κ1) is 21.1. The summed E-state index contributed by atoms with van der Waals surface area (Å²) in [4.78, 5) is 12.1. The number of aromatic nitrogens is 3. The van der Waals surface area contributed by atoms with Gasteiger partial charge >= 0.3 is 0 Å². The molecule has 3 heterocycles. The van der Waals surface area contributed by atoms with Crippen molar-refractivity contribution in [3.05, 3.63) is 71.7 Å². The molecule has 0 N–H and O–H groups in total. The van der Waals surface area contributed by atoms with E-state index >= 15 is 0 Å². The standard InChI is InChI=1S/C27H26FN5/c1-18(2)19-8-10-22(11-9-19)33-26(20-6-7-21(17-29)23(28)16-20)31-25-24(12-13-30-27(25)33)32-14-4-3-5-15-32/h6-13,16,18H,3-5,14-15H2,1-2H3. The van der Waals surface area contributed by atoms with E-state index in [0.717, 1.165) is 48.5 Å². The molecule has 6 heteroatoms. The summed E-state index contributed by atoms with van der Waals surface area (Å²) in [7, 11) is 0. The third kappa shape index (κ3) is 3.84. The smallest absolute Gasteiger partial charge is 0.167 e. The van der Waals surface area contributed by atoms with Crippen LogP contribution in [-0.2, 0) is 0 Å². The summed E-state index contributed by atoms with van der Waals surface area (Å²) in [6, 6.07) is 16.9. The quantitative estimate of drug-likeness (QED) is 0.379. The highest BCUT2D eigenvalue weighted by atomic mass is 19.1. The number of nitriles is 1. The number of imidazole rings is 1. The molecule has 0 amide bonds. The van der Waals surface area contributed by atoms with Crippen LogP contribution in [-0.4, -0.2) is 27.6 Å². The van der Waals surface area contributed by atoms with Gasteiger partial charge in [0.25, 0.3) is 0 Å². The lowest BCUT2D eigenvalue weighted by Crippen LogP contribution is -2.29. The second-order valence-corrected chi connectivity index (χ2v) is 8.87. The summed E-state index contributed by atoms with van der Waals surface area (Å²) >= 11 is 0. The molecule has 5 nitrogen and oxygen atoms in total. The first-order chi connectivity index (χ1) is 16.1. The van der Waals surface area contributed by atoms with Crippen molar-refractivity contribution in [2.75, 3.05) is 18.0 Å². The van der Waals surface area contributed by atoms with Gasteiger partial charge in [-0.15, -0.1) is 0 Å². The van der Waals surface area contributed by atoms with E-state index in [2.05, 4.69) is 43.0 Å². The van der Waals surface area contributed by atoms with Crippen LogP contribution in [0.1, 0.15) is 50.2 Å². The van der Waals surface area contributed by atoms with E-state index < -0.39 is 5.82 Å². The SMILES string of the molecule is CC(C)c1ccc(-n2c(-c3ccc(C#N)c(F)c3)nc3c(N4CCCCC4)ccnc32)cc1. The predicted octanol–water partition coefficient (Wildman–Crippen LogP) is 6.21. The minimum Gasteiger partial charge on any atom is -0.370 e. The summed E-state index contributed by atoms with van der Waals surface area (Å²) in [6.45, 7) is 6.32. The fraction of sp³-hybridized carbons (Fsp3) is 0.296. The topological polar surface area (TPSA) is 57.7 Å². The van der Waals surface area contributed by atoms with Crippen LogP contribution in [0.2, 0.25) is 0 Å². The van der Waals surface area contributed by atoms with E-state index in [0.29, 0.717) is 17.3 Å². The minimum absolute atomic E-state index is 0.0230. The van der Waals surface area contributed by atoms with Gasteiger partial charge in [-0.1, -0.05) is 26.0 Å². The van der Waals surface area contributed by atoms with Gasteiger partial charge in [0.2, 0.25) is 0 Å². The highest BCUT2D eigenvalue weighted by Crippen LogP contribution is 2.34. The van der Waals surface area contributed by atoms with Crippen LogP contribution in [0.3, 0.4) is 0 Å². The number of pyridine rings is 1. The normalized spacial score (nSPS) is 14.1. The number of fused-ring (bicyclic) bond motifs is 1. The third-order valence-corrected chi connectivity index (χ3v) is 6.39. The number of benzene rings is 2. The Morgan fingerprint density at radius 2 is 1.76 bits per heavy atom. The Balaban J connectivity index is 1.74. The fourth-order valence-electron chi connectivity index (χ4n) is 4.54. The maximum absolute atomic E-state index is 14.6. The van der Waals surface area contributed by atoms with E-state index in [1.807, 2.05) is 22.9 Å². The molecule has 1 aliphatic rings. The first-order valence-electron chi connectivity index (χ1n) is 11.5. The van der Waals surface area contributed by atoms with E-state index in [-0.39, 0.29) is 5.56 Å². The van der Waals surface area contributed by atoms with Crippen LogP contribution >= 0.6 is 0 Å². The van der Waals surface area contributed by atoms with Gasteiger partial charge in [-0.25, -0.2) is 14.4 Å². The number of nitrogens with zero attached hydrogens (tertiary/aromatic N) is 5. The van der Waals surface area contributed by atoms with Gasteiger partial charge in [0, 0.05) is 30.5 Å². The van der Waals surface area contributed by atoms with Crippen molar-refractivity contribution in [1.82, 2.24) is 14.5 Å². The van der Waals surface area contributed by atoms with Crippen molar-refractivity contribution in [2.45, 2.75) is 39.0 Å². The van der Waals surface area contributed by atoms with E-state index in [1.54, 1.807) is 6.07 Å². The molecule has 0 unspecified atom stereocenters. The predicted molar refractivity (Wildman–Crippen MR) is 129 cm³/mol. The lowest BCUT2D eigenvalue weighted by atomic mass is 10.0. The van der Waals surface area contributed by atoms with Gasteiger partial charge in [0.05, 0.1) is 11.3 Å². The lowest BCUT2D eigenvalue weighted by Gasteiger charge is -2.28. The molecular formula is C27H26FN5. The molecule has 0 spiro atoms. The van der Waals surface area contributed by atoms with Crippen LogP contribution in [0, 0.1) is 17.1 Å². The average Bonchev–Trinajstić information content (AvgIpc) is 3.24. The van der Waals surface area contributed by atoms with Crippen LogP contribution in [0.25, 0.3) is 28.2 Å². The molecule has 2 aromatic heterocycles. The second kappa shape index (κ2) is 8.67. The van der Waals surface area contributed by atoms with Gasteiger partial charge in [-0.05, 0) is 67.1 Å². The van der Waals surface area contributed by atoms with Crippen molar-refractivity contribution < 1.29 is 4.39 Å². The Morgan fingerprint density at radius 1 is 1.00 bits per heavy atom. The maximum atomic E-state index is 14.6. The molecule has 0 bridgehead atoms. The van der Waals surface area contributed by atoms with E-state index in [9.17, 15) is 4.39 Å². The number of rotatable bonds is 4. The molecule has 5 rings (SSSR count). The van der Waals surface area contributed by atoms with Crippen LogP contribution in [0.5, 0.6) is 0 Å². The fourth-order valence-corrected chi connectivity index (χ4v) is 4.54. The Labute approximate surface area is 193 Å². The number of piperidine rings is 1. The zero-order valence-electron chi connectivity index (χ0n) is 18.9. The number of hydrogen-bond acceptors (Lipinski definition) is 4. The largest absolute Gasteiger partial charge is 0.370 e. The van der Waals surface area contributed by atoms with Crippen molar-refractivity contribution >= 4 is 16.9 Å². The molecule has 33 heavy (non-hydrogen) atoms. The van der Waals surface area contributed by atoms with Gasteiger partial charge in [-0.2, -0.15) is 5.26 Å². The third-order valence-electron chi connectivity index (χ3n) is 6.39. The molecule has 1 fully saturated rings. The molecule has 4 aromatic rings. The van der Waals surface area contributed by atoms with Crippen molar-refractivity contribution in [1.29, 1.82) is 5.26 Å². The number of halogens is 1. The van der Waals surface area contributed by atoms with E-state index in [1.165, 1.54) is 24.1 Å². The molecule has 1 aliphatic heterocycles. The summed E-state index contributed by atoms with van der Waals surface area (Å²) in [5.74, 6) is 0.491. The highest BCUT2D eigenvalue weighted by molar-refractivity contribution is 5.90. The molecule has 0 saturated carbocycles. The van der Waals surface area contributed by atoms with Crippen LogP contribution in [0.4, 0.5) is 10.1 Å². The maximum Gasteiger partial charge on any atom is 0.167 e. The van der Waals surface area contributed by atoms with Crippen molar-refractivity contribution in [3.63, 3.8) is 0 Å². The highest BCUT2D eigenvalue weighted by Gasteiger charge is 2.22. The first-order valence-corrected chi connectivity index (χ1v) is 11.5. The Hall–Kier alpha value is -3.72. The van der Waals surface area contributed by atoms with E-state index in [4.69, 9.17) is 15.2 Å². The van der Waals surface area contributed by atoms with Gasteiger partial charge in [0.15, 0.2) is 5.65 Å². The molecule has 0 atom stereocenters. The molecule has 0 radical (unpaired) electrons. The summed E-state index contributed by atoms with van der Waals surface area (Å²) in [6.07, 6.45) is 5.40. The van der Waals surface area contributed by atoms with Crippen LogP contribution < -0.4 is 4.90 Å². The van der Waals surface area contributed by atoms with Gasteiger partial charge in [-0.3, -0.25) is 4.57 Å². The molecular weight excluding hydrogens is 413 g/mol.